The van der Waals surface area contributed by atoms with Crippen molar-refractivity contribution in [1.29, 1.82) is 0 Å². The zero-order valence-electron chi connectivity index (χ0n) is 11.8. The summed E-state index contributed by atoms with van der Waals surface area (Å²) in [5.74, 6) is 1.77. The van der Waals surface area contributed by atoms with Crippen LogP contribution < -0.4 is 10.2 Å². The van der Waals surface area contributed by atoms with Crippen LogP contribution in [-0.2, 0) is 6.54 Å². The third kappa shape index (κ3) is 2.54. The summed E-state index contributed by atoms with van der Waals surface area (Å²) in [7, 11) is 0. The van der Waals surface area contributed by atoms with E-state index in [2.05, 4.69) is 28.4 Å². The van der Waals surface area contributed by atoms with E-state index < -0.39 is 0 Å². The molecule has 1 aromatic rings. The third-order valence-electron chi connectivity index (χ3n) is 5.10. The van der Waals surface area contributed by atoms with Crippen LogP contribution in [0.25, 0.3) is 0 Å². The maximum atomic E-state index is 3.56. The molecule has 0 radical (unpaired) electrons. The molecule has 2 unspecified atom stereocenters. The van der Waals surface area contributed by atoms with Crippen LogP contribution in [0.1, 0.15) is 42.7 Å². The normalized spacial score (nSPS) is 27.3. The second kappa shape index (κ2) is 6.55. The minimum atomic E-state index is 0. The average molecular weight is 315 g/mol. The van der Waals surface area contributed by atoms with Gasteiger partial charge in [0.2, 0.25) is 0 Å². The molecule has 0 spiro atoms. The highest BCUT2D eigenvalue weighted by Crippen LogP contribution is 2.47. The van der Waals surface area contributed by atoms with Gasteiger partial charge >= 0.3 is 0 Å². The third-order valence-corrected chi connectivity index (χ3v) is 5.10. The first-order valence-electron chi connectivity index (χ1n) is 7.51. The Morgan fingerprint density at radius 1 is 1.10 bits per heavy atom. The molecule has 0 aromatic heterocycles. The maximum absolute atomic E-state index is 3.56. The van der Waals surface area contributed by atoms with Crippen molar-refractivity contribution < 1.29 is 0 Å². The summed E-state index contributed by atoms with van der Waals surface area (Å²) < 4.78 is 0. The quantitative estimate of drug-likeness (QED) is 0.785. The molecule has 0 saturated heterocycles. The molecule has 2 atom stereocenters. The molecule has 0 bridgehead atoms. The summed E-state index contributed by atoms with van der Waals surface area (Å²) in [5, 5.41) is 3.56. The Kier molecular flexibility index (Phi) is 5.22. The number of hydrogen-bond donors (Lipinski definition) is 1. The van der Waals surface area contributed by atoms with Crippen LogP contribution in [0.3, 0.4) is 0 Å². The molecule has 1 N–H and O–H groups in total. The zero-order chi connectivity index (χ0) is 11.9. The zero-order valence-corrected chi connectivity index (χ0v) is 13.4. The average Bonchev–Trinajstić information content (AvgIpc) is 2.63. The first-order valence-corrected chi connectivity index (χ1v) is 7.51. The lowest BCUT2D eigenvalue weighted by atomic mass is 9.72. The van der Waals surface area contributed by atoms with E-state index in [1.807, 2.05) is 0 Å². The number of nitrogens with zero attached hydrogens (tertiary/aromatic N) is 1. The number of para-hydroxylation sites is 1. The molecule has 4 heteroatoms. The Balaban J connectivity index is 0.000000735. The van der Waals surface area contributed by atoms with Crippen molar-refractivity contribution in [2.75, 3.05) is 24.5 Å². The topological polar surface area (TPSA) is 15.3 Å². The molecule has 2 nitrogen and oxygen atoms in total. The Morgan fingerprint density at radius 3 is 2.85 bits per heavy atom. The number of benzene rings is 1. The van der Waals surface area contributed by atoms with Gasteiger partial charge in [-0.3, -0.25) is 0 Å². The first-order chi connectivity index (χ1) is 8.93. The summed E-state index contributed by atoms with van der Waals surface area (Å²) in [6.07, 6.45) is 5.74. The van der Waals surface area contributed by atoms with Crippen molar-refractivity contribution in [3.05, 3.63) is 29.3 Å². The molecule has 2 aliphatic heterocycles. The van der Waals surface area contributed by atoms with Gasteiger partial charge < -0.3 is 10.2 Å². The number of halogens is 2. The minimum absolute atomic E-state index is 0. The van der Waals surface area contributed by atoms with Crippen LogP contribution in [0, 0.1) is 5.92 Å². The van der Waals surface area contributed by atoms with Gasteiger partial charge in [0.1, 0.15) is 0 Å². The monoisotopic (exact) mass is 314 g/mol. The highest BCUT2D eigenvalue weighted by Gasteiger charge is 2.36. The summed E-state index contributed by atoms with van der Waals surface area (Å²) in [5.41, 5.74) is 4.77. The van der Waals surface area contributed by atoms with E-state index in [-0.39, 0.29) is 24.8 Å². The van der Waals surface area contributed by atoms with Crippen LogP contribution >= 0.6 is 24.8 Å². The molecule has 1 fully saturated rings. The van der Waals surface area contributed by atoms with E-state index in [0.717, 1.165) is 24.9 Å². The highest BCUT2D eigenvalue weighted by atomic mass is 35.5. The Morgan fingerprint density at radius 2 is 1.95 bits per heavy atom. The number of rotatable bonds is 0. The first kappa shape index (κ1) is 15.9. The molecule has 20 heavy (non-hydrogen) atoms. The van der Waals surface area contributed by atoms with Gasteiger partial charge in [0.05, 0.1) is 0 Å². The number of fused-ring (bicyclic) bond motifs is 2. The van der Waals surface area contributed by atoms with Crippen LogP contribution in [0.5, 0.6) is 0 Å². The summed E-state index contributed by atoms with van der Waals surface area (Å²) in [4.78, 5) is 2.66. The molecule has 1 aliphatic carbocycles. The summed E-state index contributed by atoms with van der Waals surface area (Å²) in [6, 6.07) is 6.99. The molecule has 3 aliphatic rings. The molecule has 2 heterocycles. The molecule has 0 amide bonds. The minimum Gasteiger partial charge on any atom is -0.369 e. The Bertz CT molecular complexity index is 464. The van der Waals surface area contributed by atoms with Crippen LogP contribution in [0.2, 0.25) is 0 Å². The number of hydrogen-bond acceptors (Lipinski definition) is 2. The standard InChI is InChI=1S/C16H22N2.2ClH/c1-2-6-14-13(4-1)11-18-9-8-17-10-12-5-3-7-15(14)16(12)18;;/h3,5,7,13-14,17H,1-2,4,6,8-11H2;2*1H. The van der Waals surface area contributed by atoms with Gasteiger partial charge in [0.25, 0.3) is 0 Å². The van der Waals surface area contributed by atoms with Crippen molar-refractivity contribution in [2.24, 2.45) is 5.92 Å². The van der Waals surface area contributed by atoms with Gasteiger partial charge in [-0.2, -0.15) is 0 Å². The lowest BCUT2D eigenvalue weighted by molar-refractivity contribution is 0.297. The van der Waals surface area contributed by atoms with Crippen molar-refractivity contribution in [3.63, 3.8) is 0 Å². The number of anilines is 1. The molecular weight excluding hydrogens is 291 g/mol. The molecule has 112 valence electrons. The van der Waals surface area contributed by atoms with Crippen molar-refractivity contribution in [2.45, 2.75) is 38.1 Å². The van der Waals surface area contributed by atoms with Crippen LogP contribution in [0.4, 0.5) is 5.69 Å². The van der Waals surface area contributed by atoms with Crippen molar-refractivity contribution in [3.8, 4) is 0 Å². The molecule has 1 saturated carbocycles. The van der Waals surface area contributed by atoms with Gasteiger partial charge in [-0.25, -0.2) is 0 Å². The van der Waals surface area contributed by atoms with Gasteiger partial charge in [-0.05, 0) is 35.8 Å². The lowest BCUT2D eigenvalue weighted by Gasteiger charge is -2.44. The van der Waals surface area contributed by atoms with E-state index in [9.17, 15) is 0 Å². The van der Waals surface area contributed by atoms with E-state index in [1.54, 1.807) is 11.3 Å². The predicted molar refractivity (Wildman–Crippen MR) is 89.6 cm³/mol. The maximum Gasteiger partial charge on any atom is 0.0447 e. The van der Waals surface area contributed by atoms with Crippen LogP contribution in [0.15, 0.2) is 18.2 Å². The molecule has 1 aromatic carbocycles. The summed E-state index contributed by atoms with van der Waals surface area (Å²) in [6.45, 7) is 4.67. The number of nitrogens with one attached hydrogen (secondary N) is 1. The fourth-order valence-electron chi connectivity index (χ4n) is 4.29. The fourth-order valence-corrected chi connectivity index (χ4v) is 4.29. The Hall–Kier alpha value is -0.440. The predicted octanol–water partition coefficient (Wildman–Crippen LogP) is 3.73. The second-order valence-corrected chi connectivity index (χ2v) is 6.13. The van der Waals surface area contributed by atoms with Crippen LogP contribution in [-0.4, -0.2) is 19.6 Å². The van der Waals surface area contributed by atoms with Gasteiger partial charge in [0, 0.05) is 31.9 Å². The molecular formula is C16H24Cl2N2. The van der Waals surface area contributed by atoms with Crippen molar-refractivity contribution in [1.82, 2.24) is 5.32 Å². The Labute approximate surface area is 134 Å². The summed E-state index contributed by atoms with van der Waals surface area (Å²) >= 11 is 0. The van der Waals surface area contributed by atoms with Gasteiger partial charge in [0.15, 0.2) is 0 Å². The smallest absolute Gasteiger partial charge is 0.0447 e. The fraction of sp³-hybridized carbons (Fsp3) is 0.625. The largest absolute Gasteiger partial charge is 0.369 e. The van der Waals surface area contributed by atoms with E-state index in [1.165, 1.54) is 44.3 Å². The van der Waals surface area contributed by atoms with E-state index in [0.29, 0.717) is 0 Å². The lowest BCUT2D eigenvalue weighted by Crippen LogP contribution is -2.41. The van der Waals surface area contributed by atoms with E-state index >= 15 is 0 Å². The molecule has 4 rings (SSSR count). The van der Waals surface area contributed by atoms with Gasteiger partial charge in [-0.15, -0.1) is 24.8 Å². The highest BCUT2D eigenvalue weighted by molar-refractivity contribution is 5.85. The second-order valence-electron chi connectivity index (χ2n) is 6.13. The van der Waals surface area contributed by atoms with Gasteiger partial charge in [-0.1, -0.05) is 31.0 Å². The SMILES string of the molecule is Cl.Cl.c1cc2c3c(c1)C1CCCCC1CN3CCNC2. The van der Waals surface area contributed by atoms with E-state index in [4.69, 9.17) is 0 Å². The van der Waals surface area contributed by atoms with Crippen molar-refractivity contribution >= 4 is 30.5 Å².